The van der Waals surface area contributed by atoms with Gasteiger partial charge in [-0.25, -0.2) is 0 Å². The second kappa shape index (κ2) is 3.75. The van der Waals surface area contributed by atoms with Gasteiger partial charge in [0.25, 0.3) is 0 Å². The van der Waals surface area contributed by atoms with Gasteiger partial charge < -0.3 is 0 Å². The third-order valence-corrected chi connectivity index (χ3v) is 2.11. The fourth-order valence-corrected chi connectivity index (χ4v) is 1.63. The summed E-state index contributed by atoms with van der Waals surface area (Å²) in [5.74, 6) is 0.720. The van der Waals surface area contributed by atoms with Crippen LogP contribution in [0.25, 0.3) is 0 Å². The van der Waals surface area contributed by atoms with Crippen LogP contribution in [0.1, 0.15) is 32.6 Å². The Kier molecular flexibility index (Phi) is 2.92. The predicted molar refractivity (Wildman–Crippen MR) is 50.7 cm³/mol. The maximum absolute atomic E-state index is 5.42. The summed E-state index contributed by atoms with van der Waals surface area (Å²) < 4.78 is 0. The summed E-state index contributed by atoms with van der Waals surface area (Å²) in [6.07, 6.45) is 6.89. The van der Waals surface area contributed by atoms with Crippen LogP contribution < -0.4 is 5.73 Å². The zero-order valence-electron chi connectivity index (χ0n) is 7.14. The van der Waals surface area contributed by atoms with Gasteiger partial charge in [0.2, 0.25) is 0 Å². The quantitative estimate of drug-likeness (QED) is 0.464. The molecule has 1 atom stereocenters. The molecule has 0 bridgehead atoms. The van der Waals surface area contributed by atoms with E-state index in [1.165, 1.54) is 24.8 Å². The Hall–Kier alpha value is -0.525. The Labute approximate surface area is 69.7 Å². The van der Waals surface area contributed by atoms with Gasteiger partial charge in [-0.1, -0.05) is 0 Å². The fourth-order valence-electron chi connectivity index (χ4n) is 1.63. The molecule has 1 unspecified atom stereocenters. The van der Waals surface area contributed by atoms with Crippen molar-refractivity contribution in [2.75, 3.05) is 0 Å². The topological polar surface area (TPSA) is 26.0 Å². The fraction of sp³-hybridized carbons (Fsp3) is 0.667. The van der Waals surface area contributed by atoms with Gasteiger partial charge in [-0.2, -0.15) is 0 Å². The van der Waals surface area contributed by atoms with E-state index in [1.54, 1.807) is 0 Å². The van der Waals surface area contributed by atoms with Crippen LogP contribution in [0.15, 0.2) is 11.6 Å². The Bertz CT molecular complexity index is 184. The zero-order chi connectivity index (χ0) is 8.27. The summed E-state index contributed by atoms with van der Waals surface area (Å²) in [5, 5.41) is 0. The minimum atomic E-state index is 0.547. The second-order valence-corrected chi connectivity index (χ2v) is 3.45. The van der Waals surface area contributed by atoms with Crippen molar-refractivity contribution < 1.29 is 0 Å². The first-order valence-electron chi connectivity index (χ1n) is 4.25. The first-order chi connectivity index (χ1) is 5.18. The average Bonchev–Trinajstić information content (AvgIpc) is 1.85. The molecule has 11 heavy (non-hydrogen) atoms. The molecule has 2 N–H and O–H groups in total. The van der Waals surface area contributed by atoms with Crippen molar-refractivity contribution in [2.45, 2.75) is 32.6 Å². The SMILES string of the molecule is [B]=C(N)CC1=CC(C)CCC1. The third-order valence-electron chi connectivity index (χ3n) is 2.11. The molecule has 0 aromatic heterocycles. The Morgan fingerprint density at radius 1 is 1.82 bits per heavy atom. The molecule has 1 radical (unpaired) electrons. The van der Waals surface area contributed by atoms with Crippen LogP contribution in [0, 0.1) is 5.92 Å². The summed E-state index contributed by atoms with van der Waals surface area (Å²) in [7, 11) is 5.42. The molecule has 1 aliphatic carbocycles. The predicted octanol–water partition coefficient (Wildman–Crippen LogP) is 1.38. The van der Waals surface area contributed by atoms with Gasteiger partial charge in [0, 0.05) is 0 Å². The van der Waals surface area contributed by atoms with Crippen LogP contribution in [0.2, 0.25) is 0 Å². The van der Waals surface area contributed by atoms with E-state index in [1.807, 2.05) is 0 Å². The van der Waals surface area contributed by atoms with Gasteiger partial charge in [0.05, 0.1) is 0 Å². The molecule has 1 rings (SSSR count). The molecule has 0 fully saturated rings. The number of allylic oxidation sites excluding steroid dienone is 1. The number of nitrogens with two attached hydrogens (primary N) is 1. The molecule has 0 saturated heterocycles. The Morgan fingerprint density at radius 3 is 3.09 bits per heavy atom. The van der Waals surface area contributed by atoms with Gasteiger partial charge in [0.1, 0.15) is 0 Å². The van der Waals surface area contributed by atoms with Crippen LogP contribution in [-0.2, 0) is 0 Å². The van der Waals surface area contributed by atoms with Gasteiger partial charge in [-0.15, -0.1) is 0 Å². The van der Waals surface area contributed by atoms with Crippen LogP contribution >= 0.6 is 0 Å². The number of hydrogen-bond acceptors (Lipinski definition) is 1. The van der Waals surface area contributed by atoms with Crippen molar-refractivity contribution in [3.05, 3.63) is 11.6 Å². The normalized spacial score (nSPS) is 24.4. The van der Waals surface area contributed by atoms with Crippen molar-refractivity contribution in [1.29, 1.82) is 0 Å². The first kappa shape index (κ1) is 8.57. The van der Waals surface area contributed by atoms with Gasteiger partial charge >= 0.3 is 69.0 Å². The third kappa shape index (κ3) is 2.92. The van der Waals surface area contributed by atoms with E-state index in [-0.39, 0.29) is 0 Å². The summed E-state index contributed by atoms with van der Waals surface area (Å²) in [5.41, 5.74) is 7.39. The summed E-state index contributed by atoms with van der Waals surface area (Å²) in [4.78, 5) is 0. The van der Waals surface area contributed by atoms with E-state index in [2.05, 4.69) is 13.0 Å². The van der Waals surface area contributed by atoms with E-state index in [0.717, 1.165) is 12.3 Å². The van der Waals surface area contributed by atoms with Crippen molar-refractivity contribution in [3.63, 3.8) is 0 Å². The van der Waals surface area contributed by atoms with Crippen molar-refractivity contribution in [1.82, 2.24) is 0 Å². The molecule has 1 nitrogen and oxygen atoms in total. The molecule has 2 heteroatoms. The van der Waals surface area contributed by atoms with Gasteiger partial charge in [-0.3, -0.25) is 0 Å². The average molecular weight is 148 g/mol. The molecule has 0 aliphatic heterocycles. The molecular weight excluding hydrogens is 133 g/mol. The summed E-state index contributed by atoms with van der Waals surface area (Å²) >= 11 is 0. The van der Waals surface area contributed by atoms with Crippen LogP contribution in [0.4, 0.5) is 0 Å². The molecule has 0 amide bonds. The van der Waals surface area contributed by atoms with Crippen LogP contribution in [0.3, 0.4) is 0 Å². The molecule has 0 heterocycles. The van der Waals surface area contributed by atoms with E-state index in [0.29, 0.717) is 5.59 Å². The standard InChI is InChI=1S/C9H15BN/c1-7-3-2-4-8(5-7)6-9(10)11/h5,7H,2-4,6,11H2,1H3. The van der Waals surface area contributed by atoms with Gasteiger partial charge in [-0.05, 0) is 0 Å². The zero-order valence-corrected chi connectivity index (χ0v) is 7.14. The van der Waals surface area contributed by atoms with Crippen molar-refractivity contribution in [3.8, 4) is 0 Å². The van der Waals surface area contributed by atoms with E-state index in [4.69, 9.17) is 13.2 Å². The molecule has 0 aromatic carbocycles. The van der Waals surface area contributed by atoms with Crippen LogP contribution in [-0.4, -0.2) is 13.1 Å². The molecule has 59 valence electrons. The molecular formula is C9H15BN. The van der Waals surface area contributed by atoms with E-state index >= 15 is 0 Å². The molecule has 0 spiro atoms. The monoisotopic (exact) mass is 148 g/mol. The number of rotatable bonds is 2. The Morgan fingerprint density at radius 2 is 2.55 bits per heavy atom. The number of hydrogen-bond donors (Lipinski definition) is 1. The van der Waals surface area contributed by atoms with E-state index in [9.17, 15) is 0 Å². The van der Waals surface area contributed by atoms with Gasteiger partial charge in [0.15, 0.2) is 0 Å². The minimum absolute atomic E-state index is 0.547. The summed E-state index contributed by atoms with van der Waals surface area (Å²) in [6, 6.07) is 0. The summed E-state index contributed by atoms with van der Waals surface area (Å²) in [6.45, 7) is 2.24. The van der Waals surface area contributed by atoms with Crippen molar-refractivity contribution >= 4 is 13.1 Å². The molecule has 1 aliphatic rings. The molecule has 0 saturated carbocycles. The molecule has 0 aromatic rings. The Balaban J connectivity index is 2.49. The first-order valence-corrected chi connectivity index (χ1v) is 4.25. The van der Waals surface area contributed by atoms with E-state index < -0.39 is 0 Å². The maximum atomic E-state index is 5.42. The second-order valence-electron chi connectivity index (χ2n) is 3.45. The van der Waals surface area contributed by atoms with Crippen molar-refractivity contribution in [2.24, 2.45) is 11.7 Å². The van der Waals surface area contributed by atoms with Crippen LogP contribution in [0.5, 0.6) is 0 Å².